The van der Waals surface area contributed by atoms with Gasteiger partial charge in [-0.15, -0.1) is 0 Å². The Bertz CT molecular complexity index is 1770. The molecule has 0 aliphatic heterocycles. The Morgan fingerprint density at radius 1 is 0.868 bits per heavy atom. The monoisotopic (exact) mass is 560 g/mol. The molecule has 2 N–H and O–H groups in total. The average Bonchev–Trinajstić information content (AvgIpc) is 3.36. The molecule has 1 amide bonds. The molecule has 5 aromatic rings. The van der Waals surface area contributed by atoms with Gasteiger partial charge in [-0.05, 0) is 78.5 Å². The number of anilines is 1. The number of para-hydroxylation sites is 1. The minimum absolute atomic E-state index is 0.0930. The summed E-state index contributed by atoms with van der Waals surface area (Å²) in [4.78, 5) is 24.9. The van der Waals surface area contributed by atoms with Crippen LogP contribution in [0.25, 0.3) is 39.5 Å². The number of nitrogens with one attached hydrogen (secondary N) is 2. The summed E-state index contributed by atoms with van der Waals surface area (Å²) in [7, 11) is 0. The normalized spacial score (nSPS) is 11.1. The minimum atomic E-state index is -0.448. The third kappa shape index (κ3) is 5.86. The second-order valence-corrected chi connectivity index (χ2v) is 9.42. The molecule has 2 heterocycles. The highest BCUT2D eigenvalue weighted by Crippen LogP contribution is 2.31. The van der Waals surface area contributed by atoms with Gasteiger partial charge in [0.2, 0.25) is 5.91 Å². The molecule has 0 fully saturated rings. The Kier molecular flexibility index (Phi) is 7.42. The molecule has 2 aromatic heterocycles. The molecule has 0 aliphatic rings. The van der Waals surface area contributed by atoms with Crippen molar-refractivity contribution in [3.8, 4) is 22.5 Å². The first-order valence-electron chi connectivity index (χ1n) is 11.3. The fourth-order valence-electron chi connectivity index (χ4n) is 3.78. The predicted molar refractivity (Wildman–Crippen MR) is 155 cm³/mol. The number of rotatable bonds is 5. The summed E-state index contributed by atoms with van der Waals surface area (Å²) in [5.74, 6) is 0.558. The largest absolute Gasteiger partial charge is 0.457 e. The van der Waals surface area contributed by atoms with Crippen LogP contribution in [0, 0.1) is 0 Å². The number of hydrogen-bond donors (Lipinski definition) is 2. The SMILES string of the molecule is O=C(/C=C/c1ccc(-c2ccc(Cl)cc2Cl)o1)NC(=S)Nc1cccc(-c2cc3ccccc3oc2=O)c1. The first kappa shape index (κ1) is 25.5. The second kappa shape index (κ2) is 11.1. The van der Waals surface area contributed by atoms with E-state index in [4.69, 9.17) is 44.3 Å². The van der Waals surface area contributed by atoms with Crippen molar-refractivity contribution >= 4 is 69.2 Å². The van der Waals surface area contributed by atoms with Crippen LogP contribution in [0.15, 0.2) is 105 Å². The van der Waals surface area contributed by atoms with Crippen LogP contribution in [0.5, 0.6) is 0 Å². The molecule has 0 radical (unpaired) electrons. The van der Waals surface area contributed by atoms with Gasteiger partial charge in [-0.3, -0.25) is 10.1 Å². The maximum Gasteiger partial charge on any atom is 0.344 e. The Hall–Kier alpha value is -4.17. The molecule has 38 heavy (non-hydrogen) atoms. The number of fused-ring (bicyclic) bond motifs is 1. The lowest BCUT2D eigenvalue weighted by Crippen LogP contribution is -2.32. The van der Waals surface area contributed by atoms with Crippen LogP contribution in [-0.4, -0.2) is 11.0 Å². The first-order valence-corrected chi connectivity index (χ1v) is 12.5. The van der Waals surface area contributed by atoms with Crippen LogP contribution in [-0.2, 0) is 4.79 Å². The molecule has 6 nitrogen and oxygen atoms in total. The standard InChI is InChI=1S/C29H18Cl2N2O4S/c30-19-8-11-22(24(31)16-19)26-12-9-21(36-26)10-13-27(34)33-29(38)32-20-6-3-5-17(14-20)23-15-18-4-1-2-7-25(18)37-28(23)35/h1-16H,(H2,32,33,34,38)/b13-10+. The van der Waals surface area contributed by atoms with Crippen LogP contribution < -0.4 is 16.3 Å². The number of halogens is 2. The zero-order valence-electron chi connectivity index (χ0n) is 19.5. The van der Waals surface area contributed by atoms with E-state index in [9.17, 15) is 9.59 Å². The summed E-state index contributed by atoms with van der Waals surface area (Å²) in [6.07, 6.45) is 2.82. The Labute approximate surface area is 232 Å². The van der Waals surface area contributed by atoms with E-state index in [1.165, 1.54) is 12.2 Å². The van der Waals surface area contributed by atoms with Crippen molar-refractivity contribution in [2.45, 2.75) is 0 Å². The Morgan fingerprint density at radius 3 is 2.55 bits per heavy atom. The van der Waals surface area contributed by atoms with Crippen molar-refractivity contribution in [1.82, 2.24) is 5.32 Å². The molecule has 0 unspecified atom stereocenters. The van der Waals surface area contributed by atoms with Crippen LogP contribution in [0.2, 0.25) is 10.0 Å². The number of amides is 1. The molecule has 0 saturated heterocycles. The summed E-state index contributed by atoms with van der Waals surface area (Å²) >= 11 is 17.5. The molecule has 188 valence electrons. The number of hydrogen-bond acceptors (Lipinski definition) is 5. The van der Waals surface area contributed by atoms with E-state index in [0.717, 1.165) is 5.39 Å². The van der Waals surface area contributed by atoms with Crippen molar-refractivity contribution in [3.05, 3.63) is 117 Å². The molecular formula is C29H18Cl2N2O4S. The summed E-state index contributed by atoms with van der Waals surface area (Å²) < 4.78 is 11.2. The van der Waals surface area contributed by atoms with Crippen molar-refractivity contribution in [2.24, 2.45) is 0 Å². The lowest BCUT2D eigenvalue weighted by Gasteiger charge is -2.10. The van der Waals surface area contributed by atoms with E-state index in [2.05, 4.69) is 10.6 Å². The van der Waals surface area contributed by atoms with Crippen LogP contribution in [0.4, 0.5) is 5.69 Å². The van der Waals surface area contributed by atoms with E-state index in [0.29, 0.717) is 49.5 Å². The molecular weight excluding hydrogens is 543 g/mol. The van der Waals surface area contributed by atoms with Crippen molar-refractivity contribution < 1.29 is 13.6 Å². The zero-order valence-corrected chi connectivity index (χ0v) is 21.9. The second-order valence-electron chi connectivity index (χ2n) is 8.17. The summed E-state index contributed by atoms with van der Waals surface area (Å²) in [6, 6.07) is 24.8. The van der Waals surface area contributed by atoms with Gasteiger partial charge in [0.05, 0.1) is 10.6 Å². The van der Waals surface area contributed by atoms with Crippen molar-refractivity contribution in [1.29, 1.82) is 0 Å². The van der Waals surface area contributed by atoms with Gasteiger partial charge in [0, 0.05) is 27.7 Å². The highest BCUT2D eigenvalue weighted by Gasteiger charge is 2.11. The van der Waals surface area contributed by atoms with E-state index in [-0.39, 0.29) is 5.11 Å². The van der Waals surface area contributed by atoms with E-state index < -0.39 is 11.5 Å². The van der Waals surface area contributed by atoms with Gasteiger partial charge < -0.3 is 14.2 Å². The van der Waals surface area contributed by atoms with Crippen LogP contribution >= 0.6 is 35.4 Å². The molecule has 0 spiro atoms. The summed E-state index contributed by atoms with van der Waals surface area (Å²) in [5, 5.41) is 7.44. The fraction of sp³-hybridized carbons (Fsp3) is 0. The topological polar surface area (TPSA) is 84.5 Å². The molecule has 9 heteroatoms. The van der Waals surface area contributed by atoms with Gasteiger partial charge in [0.15, 0.2) is 5.11 Å². The minimum Gasteiger partial charge on any atom is -0.457 e. The Balaban J connectivity index is 1.23. The number of carbonyl (C=O) groups is 1. The highest BCUT2D eigenvalue weighted by molar-refractivity contribution is 7.80. The molecule has 5 rings (SSSR count). The van der Waals surface area contributed by atoms with Gasteiger partial charge in [-0.2, -0.15) is 0 Å². The molecule has 3 aromatic carbocycles. The third-order valence-corrected chi connectivity index (χ3v) is 6.28. The van der Waals surface area contributed by atoms with Gasteiger partial charge in [-0.1, -0.05) is 53.5 Å². The third-order valence-electron chi connectivity index (χ3n) is 5.53. The molecule has 0 aliphatic carbocycles. The van der Waals surface area contributed by atoms with Gasteiger partial charge in [0.25, 0.3) is 0 Å². The predicted octanol–water partition coefficient (Wildman–Crippen LogP) is 7.55. The van der Waals surface area contributed by atoms with Crippen LogP contribution in [0.3, 0.4) is 0 Å². The maximum atomic E-state index is 12.5. The van der Waals surface area contributed by atoms with E-state index in [1.54, 1.807) is 66.7 Å². The molecule has 0 atom stereocenters. The summed E-state index contributed by atoms with van der Waals surface area (Å²) in [6.45, 7) is 0. The van der Waals surface area contributed by atoms with E-state index >= 15 is 0 Å². The first-order chi connectivity index (χ1) is 18.4. The lowest BCUT2D eigenvalue weighted by molar-refractivity contribution is -0.115. The Morgan fingerprint density at radius 2 is 1.71 bits per heavy atom. The van der Waals surface area contributed by atoms with Crippen molar-refractivity contribution in [3.63, 3.8) is 0 Å². The number of benzene rings is 3. The average molecular weight is 561 g/mol. The summed E-state index contributed by atoms with van der Waals surface area (Å²) in [5.41, 5.74) is 2.43. The van der Waals surface area contributed by atoms with Crippen LogP contribution in [0.1, 0.15) is 5.76 Å². The quantitative estimate of drug-likeness (QED) is 0.131. The van der Waals surface area contributed by atoms with Gasteiger partial charge in [0.1, 0.15) is 17.1 Å². The van der Waals surface area contributed by atoms with Crippen molar-refractivity contribution in [2.75, 3.05) is 5.32 Å². The van der Waals surface area contributed by atoms with Gasteiger partial charge >= 0.3 is 5.63 Å². The number of carbonyl (C=O) groups excluding carboxylic acids is 1. The smallest absolute Gasteiger partial charge is 0.344 e. The lowest BCUT2D eigenvalue weighted by atomic mass is 10.1. The maximum absolute atomic E-state index is 12.5. The zero-order chi connectivity index (χ0) is 26.6. The number of thiocarbonyl (C=S) groups is 1. The fourth-order valence-corrected chi connectivity index (χ4v) is 4.50. The van der Waals surface area contributed by atoms with E-state index in [1.807, 2.05) is 18.2 Å². The van der Waals surface area contributed by atoms with Gasteiger partial charge in [-0.25, -0.2) is 4.79 Å². The highest BCUT2D eigenvalue weighted by atomic mass is 35.5. The number of furan rings is 1. The molecule has 0 bridgehead atoms. The molecule has 0 saturated carbocycles.